The third-order valence-corrected chi connectivity index (χ3v) is 3.21. The average Bonchev–Trinajstić information content (AvgIpc) is 2.33. The Morgan fingerprint density at radius 3 is 2.65 bits per heavy atom. The number of amides is 1. The quantitative estimate of drug-likeness (QED) is 0.921. The van der Waals surface area contributed by atoms with E-state index in [0.29, 0.717) is 11.3 Å². The van der Waals surface area contributed by atoms with Crippen molar-refractivity contribution in [1.29, 1.82) is 5.26 Å². The van der Waals surface area contributed by atoms with E-state index in [1.165, 1.54) is 0 Å². The summed E-state index contributed by atoms with van der Waals surface area (Å²) in [5, 5.41) is 11.8. The van der Waals surface area contributed by atoms with Gasteiger partial charge in [-0.1, -0.05) is 29.8 Å². The van der Waals surface area contributed by atoms with Crippen LogP contribution in [0.25, 0.3) is 0 Å². The van der Waals surface area contributed by atoms with Crippen molar-refractivity contribution in [2.45, 2.75) is 26.7 Å². The number of anilines is 1. The van der Waals surface area contributed by atoms with Crippen molar-refractivity contribution in [2.75, 3.05) is 5.32 Å². The lowest BCUT2D eigenvalue weighted by atomic mass is 10.0. The minimum atomic E-state index is -0.0196. The van der Waals surface area contributed by atoms with Gasteiger partial charge in [0.05, 0.1) is 11.3 Å². The molecule has 1 aromatic rings. The van der Waals surface area contributed by atoms with Gasteiger partial charge in [0.1, 0.15) is 6.07 Å². The molecule has 90 valence electrons. The maximum atomic E-state index is 11.9. The van der Waals surface area contributed by atoms with Crippen LogP contribution in [-0.4, -0.2) is 5.91 Å². The molecule has 0 spiro atoms. The molecule has 0 aliphatic rings. The molecule has 0 radical (unpaired) electrons. The number of hydrogen-bond donors (Lipinski definition) is 1. The Balaban J connectivity index is 2.89. The number of rotatable bonds is 4. The maximum Gasteiger partial charge on any atom is 0.227 e. The lowest BCUT2D eigenvalue weighted by Gasteiger charge is -2.13. The summed E-state index contributed by atoms with van der Waals surface area (Å²) in [4.78, 5) is 11.9. The smallest absolute Gasteiger partial charge is 0.227 e. The van der Waals surface area contributed by atoms with Gasteiger partial charge in [0.15, 0.2) is 0 Å². The van der Waals surface area contributed by atoms with E-state index in [4.69, 9.17) is 5.26 Å². The first-order valence-corrected chi connectivity index (χ1v) is 6.42. The minimum Gasteiger partial charge on any atom is -0.325 e. The van der Waals surface area contributed by atoms with Gasteiger partial charge in [-0.15, -0.1) is 0 Å². The second-order valence-electron chi connectivity index (χ2n) is 3.80. The molecule has 0 atom stereocenters. The van der Waals surface area contributed by atoms with Crippen LogP contribution in [0.15, 0.2) is 22.7 Å². The molecule has 1 N–H and O–H groups in total. The fourth-order valence-electron chi connectivity index (χ4n) is 1.61. The lowest BCUT2D eigenvalue weighted by Crippen LogP contribution is -2.22. The maximum absolute atomic E-state index is 11.9. The van der Waals surface area contributed by atoms with Crippen LogP contribution in [0.2, 0.25) is 0 Å². The van der Waals surface area contributed by atoms with Gasteiger partial charge in [-0.05, 0) is 31.0 Å². The molecule has 17 heavy (non-hydrogen) atoms. The lowest BCUT2D eigenvalue weighted by molar-refractivity contribution is -0.120. The van der Waals surface area contributed by atoms with Gasteiger partial charge >= 0.3 is 0 Å². The number of nitrogens with zero attached hydrogens (tertiary/aromatic N) is 1. The van der Waals surface area contributed by atoms with Crippen molar-refractivity contribution in [1.82, 2.24) is 0 Å². The summed E-state index contributed by atoms with van der Waals surface area (Å²) >= 11 is 3.30. The fourth-order valence-corrected chi connectivity index (χ4v) is 1.97. The topological polar surface area (TPSA) is 52.9 Å². The molecule has 0 saturated heterocycles. The Hall–Kier alpha value is -1.34. The third-order valence-electron chi connectivity index (χ3n) is 2.72. The number of benzene rings is 1. The first-order valence-electron chi connectivity index (χ1n) is 5.62. The van der Waals surface area contributed by atoms with Gasteiger partial charge < -0.3 is 5.32 Å². The minimum absolute atomic E-state index is 0.00481. The van der Waals surface area contributed by atoms with E-state index >= 15 is 0 Å². The Morgan fingerprint density at radius 2 is 2.12 bits per heavy atom. The molecule has 1 rings (SSSR count). The predicted molar refractivity (Wildman–Crippen MR) is 71.6 cm³/mol. The molecule has 0 fully saturated rings. The zero-order valence-corrected chi connectivity index (χ0v) is 11.5. The highest BCUT2D eigenvalue weighted by Crippen LogP contribution is 2.21. The molecule has 0 unspecified atom stereocenters. The van der Waals surface area contributed by atoms with Gasteiger partial charge in [-0.3, -0.25) is 4.79 Å². The highest BCUT2D eigenvalue weighted by Gasteiger charge is 2.15. The second kappa shape index (κ2) is 6.41. The third kappa shape index (κ3) is 3.57. The predicted octanol–water partition coefficient (Wildman–Crippen LogP) is 3.70. The van der Waals surface area contributed by atoms with E-state index in [9.17, 15) is 4.79 Å². The molecule has 0 heterocycles. The number of hydrogen-bond acceptors (Lipinski definition) is 2. The SMILES string of the molecule is CCC(CC)C(=O)Nc1ccc(Br)cc1C#N. The van der Waals surface area contributed by atoms with E-state index in [0.717, 1.165) is 17.3 Å². The van der Waals surface area contributed by atoms with E-state index in [1.807, 2.05) is 19.9 Å². The van der Waals surface area contributed by atoms with Crippen LogP contribution in [0.4, 0.5) is 5.69 Å². The van der Waals surface area contributed by atoms with Crippen LogP contribution in [0.3, 0.4) is 0 Å². The zero-order chi connectivity index (χ0) is 12.8. The number of halogens is 1. The monoisotopic (exact) mass is 294 g/mol. The van der Waals surface area contributed by atoms with Crippen molar-refractivity contribution in [3.8, 4) is 6.07 Å². The molecule has 1 aromatic carbocycles. The molecule has 3 nitrogen and oxygen atoms in total. The Kier molecular flexibility index (Phi) is 5.17. The van der Waals surface area contributed by atoms with Crippen LogP contribution >= 0.6 is 15.9 Å². The summed E-state index contributed by atoms with van der Waals surface area (Å²) in [6.45, 7) is 3.97. The van der Waals surface area contributed by atoms with Crippen LogP contribution in [0, 0.1) is 17.2 Å². The number of nitriles is 1. The van der Waals surface area contributed by atoms with Crippen molar-refractivity contribution in [3.05, 3.63) is 28.2 Å². The molecular weight excluding hydrogens is 280 g/mol. The van der Waals surface area contributed by atoms with Crippen LogP contribution in [0.1, 0.15) is 32.3 Å². The number of nitrogens with one attached hydrogen (secondary N) is 1. The molecule has 0 aliphatic heterocycles. The van der Waals surface area contributed by atoms with Crippen molar-refractivity contribution < 1.29 is 4.79 Å². The first-order chi connectivity index (χ1) is 8.12. The standard InChI is InChI=1S/C13H15BrN2O/c1-3-9(4-2)13(17)16-12-6-5-11(14)7-10(12)8-15/h5-7,9H,3-4H2,1-2H3,(H,16,17). The summed E-state index contributed by atoms with van der Waals surface area (Å²) in [5.41, 5.74) is 1.05. The van der Waals surface area contributed by atoms with E-state index in [2.05, 4.69) is 27.3 Å². The van der Waals surface area contributed by atoms with Gasteiger partial charge in [-0.25, -0.2) is 0 Å². The normalized spacial score (nSPS) is 10.1. The molecule has 0 aliphatic carbocycles. The van der Waals surface area contributed by atoms with Gasteiger partial charge in [-0.2, -0.15) is 5.26 Å². The number of carbonyl (C=O) groups excluding carboxylic acids is 1. The largest absolute Gasteiger partial charge is 0.325 e. The average molecular weight is 295 g/mol. The van der Waals surface area contributed by atoms with Gasteiger partial charge in [0.25, 0.3) is 0 Å². The van der Waals surface area contributed by atoms with Crippen LogP contribution < -0.4 is 5.32 Å². The Morgan fingerprint density at radius 1 is 1.47 bits per heavy atom. The Bertz CT molecular complexity index is 447. The van der Waals surface area contributed by atoms with Crippen molar-refractivity contribution >= 4 is 27.5 Å². The van der Waals surface area contributed by atoms with Crippen molar-refractivity contribution in [3.63, 3.8) is 0 Å². The molecule has 0 saturated carbocycles. The first kappa shape index (κ1) is 13.7. The molecule has 0 bridgehead atoms. The zero-order valence-electron chi connectivity index (χ0n) is 9.96. The molecular formula is C13H15BrN2O. The molecule has 0 aromatic heterocycles. The highest BCUT2D eigenvalue weighted by molar-refractivity contribution is 9.10. The van der Waals surface area contributed by atoms with Crippen LogP contribution in [0.5, 0.6) is 0 Å². The Labute approximate surface area is 110 Å². The van der Waals surface area contributed by atoms with E-state index in [1.54, 1.807) is 12.1 Å². The highest BCUT2D eigenvalue weighted by atomic mass is 79.9. The van der Waals surface area contributed by atoms with Crippen LogP contribution in [-0.2, 0) is 4.79 Å². The summed E-state index contributed by atoms with van der Waals surface area (Å²) < 4.78 is 0.828. The van der Waals surface area contributed by atoms with E-state index in [-0.39, 0.29) is 11.8 Å². The van der Waals surface area contributed by atoms with Gasteiger partial charge in [0.2, 0.25) is 5.91 Å². The number of carbonyl (C=O) groups is 1. The summed E-state index contributed by atoms with van der Waals surface area (Å²) in [6, 6.07) is 7.32. The summed E-state index contributed by atoms with van der Waals surface area (Å²) in [6.07, 6.45) is 1.61. The van der Waals surface area contributed by atoms with E-state index < -0.39 is 0 Å². The molecule has 1 amide bonds. The molecule has 4 heteroatoms. The van der Waals surface area contributed by atoms with Crippen molar-refractivity contribution in [2.24, 2.45) is 5.92 Å². The summed E-state index contributed by atoms with van der Waals surface area (Å²) in [5.74, 6) is -0.0148. The summed E-state index contributed by atoms with van der Waals surface area (Å²) in [7, 11) is 0. The van der Waals surface area contributed by atoms with Gasteiger partial charge in [0, 0.05) is 10.4 Å². The second-order valence-corrected chi connectivity index (χ2v) is 4.72. The fraction of sp³-hybridized carbons (Fsp3) is 0.385.